The van der Waals surface area contributed by atoms with Crippen LogP contribution in [0, 0.1) is 0 Å². The van der Waals surface area contributed by atoms with E-state index >= 15 is 0 Å². The summed E-state index contributed by atoms with van der Waals surface area (Å²) in [5, 5.41) is 12.9. The number of aliphatic hydroxyl groups is 1. The van der Waals surface area contributed by atoms with Crippen molar-refractivity contribution in [2.24, 2.45) is 0 Å². The van der Waals surface area contributed by atoms with Gasteiger partial charge in [0.2, 0.25) is 0 Å². The van der Waals surface area contributed by atoms with Gasteiger partial charge in [-0.3, -0.25) is 0 Å². The first-order valence-electron chi connectivity index (χ1n) is 5.71. The first-order valence-corrected chi connectivity index (χ1v) is 5.71. The number of nitrogens with one attached hydrogen (secondary N) is 1. The van der Waals surface area contributed by atoms with Crippen molar-refractivity contribution >= 4 is 0 Å². The van der Waals surface area contributed by atoms with Gasteiger partial charge in [-0.25, -0.2) is 0 Å². The average molecular weight is 219 g/mol. The number of rotatable bonds is 10. The molecule has 92 valence electrons. The molecule has 0 saturated heterocycles. The van der Waals surface area contributed by atoms with Crippen LogP contribution in [-0.4, -0.2) is 50.2 Å². The minimum atomic E-state index is -0.791. The fourth-order valence-corrected chi connectivity index (χ4v) is 1.10. The van der Waals surface area contributed by atoms with Gasteiger partial charge in [0.1, 0.15) is 0 Å². The normalized spacial score (nSPS) is 15.2. The summed E-state index contributed by atoms with van der Waals surface area (Å²) < 4.78 is 10.6. The van der Waals surface area contributed by atoms with E-state index in [4.69, 9.17) is 9.47 Å². The van der Waals surface area contributed by atoms with Gasteiger partial charge < -0.3 is 19.9 Å². The van der Waals surface area contributed by atoms with Crippen molar-refractivity contribution in [3.05, 3.63) is 0 Å². The van der Waals surface area contributed by atoms with Crippen LogP contribution in [-0.2, 0) is 9.47 Å². The zero-order valence-electron chi connectivity index (χ0n) is 10.2. The Kier molecular flexibility index (Phi) is 9.00. The quantitative estimate of drug-likeness (QED) is 0.533. The Labute approximate surface area is 93.0 Å². The van der Waals surface area contributed by atoms with Crippen molar-refractivity contribution < 1.29 is 14.6 Å². The summed E-state index contributed by atoms with van der Waals surface area (Å²) >= 11 is 0. The third kappa shape index (κ3) is 10.1. The van der Waals surface area contributed by atoms with Crippen LogP contribution in [0.5, 0.6) is 0 Å². The number of ether oxygens (including phenoxy) is 2. The zero-order chi connectivity index (χ0) is 11.6. The van der Waals surface area contributed by atoms with Crippen molar-refractivity contribution in [1.29, 1.82) is 0 Å². The minimum absolute atomic E-state index is 0.343. The maximum absolute atomic E-state index is 9.82. The highest BCUT2D eigenvalue weighted by atomic mass is 16.5. The summed E-state index contributed by atoms with van der Waals surface area (Å²) in [6.45, 7) is 9.52. The summed E-state index contributed by atoms with van der Waals surface area (Å²) in [5.41, 5.74) is -0.791. The third-order valence-corrected chi connectivity index (χ3v) is 1.89. The topological polar surface area (TPSA) is 50.7 Å². The fraction of sp³-hybridized carbons (Fsp3) is 1.00. The summed E-state index contributed by atoms with van der Waals surface area (Å²) in [6.07, 6.45) is 1.03. The Balaban J connectivity index is 3.32. The highest BCUT2D eigenvalue weighted by molar-refractivity contribution is 4.74. The zero-order valence-corrected chi connectivity index (χ0v) is 10.2. The van der Waals surface area contributed by atoms with Crippen LogP contribution in [0.1, 0.15) is 27.2 Å². The molecule has 0 bridgehead atoms. The monoisotopic (exact) mass is 219 g/mol. The molecular formula is C11H25NO3. The molecule has 0 aliphatic rings. The van der Waals surface area contributed by atoms with E-state index in [0.717, 1.165) is 19.6 Å². The smallest absolute Gasteiger partial charge is 0.0975 e. The Morgan fingerprint density at radius 1 is 1.13 bits per heavy atom. The summed E-state index contributed by atoms with van der Waals surface area (Å²) in [4.78, 5) is 0. The molecule has 4 nitrogen and oxygen atoms in total. The van der Waals surface area contributed by atoms with Gasteiger partial charge in [-0.2, -0.15) is 0 Å². The van der Waals surface area contributed by atoms with E-state index in [1.165, 1.54) is 0 Å². The molecule has 0 heterocycles. The minimum Gasteiger partial charge on any atom is -0.386 e. The molecule has 1 unspecified atom stereocenters. The van der Waals surface area contributed by atoms with Crippen LogP contribution in [0.4, 0.5) is 0 Å². The van der Waals surface area contributed by atoms with Crippen molar-refractivity contribution in [2.45, 2.75) is 32.8 Å². The molecular weight excluding hydrogens is 194 g/mol. The lowest BCUT2D eigenvalue weighted by Gasteiger charge is -2.23. The van der Waals surface area contributed by atoms with Crippen LogP contribution in [0.3, 0.4) is 0 Å². The molecule has 0 radical (unpaired) electrons. The van der Waals surface area contributed by atoms with E-state index in [9.17, 15) is 5.11 Å². The molecule has 0 aliphatic heterocycles. The maximum atomic E-state index is 9.82. The van der Waals surface area contributed by atoms with Crippen LogP contribution in [0.15, 0.2) is 0 Å². The lowest BCUT2D eigenvalue weighted by molar-refractivity contribution is -0.0461. The number of hydrogen-bond donors (Lipinski definition) is 2. The van der Waals surface area contributed by atoms with Gasteiger partial charge in [0.15, 0.2) is 0 Å². The molecule has 0 aromatic carbocycles. The Morgan fingerprint density at radius 2 is 1.80 bits per heavy atom. The molecule has 0 fully saturated rings. The first kappa shape index (κ1) is 14.8. The Bertz CT molecular complexity index is 140. The van der Waals surface area contributed by atoms with Gasteiger partial charge in [0.25, 0.3) is 0 Å². The standard InChI is InChI=1S/C11H25NO3/c1-4-6-14-7-8-15-10-11(3,13)9-12-5-2/h12-13H,4-10H2,1-3H3. The maximum Gasteiger partial charge on any atom is 0.0975 e. The summed E-state index contributed by atoms with van der Waals surface area (Å²) in [7, 11) is 0. The average Bonchev–Trinajstić information content (AvgIpc) is 2.20. The van der Waals surface area contributed by atoms with Crippen molar-refractivity contribution in [2.75, 3.05) is 39.5 Å². The summed E-state index contributed by atoms with van der Waals surface area (Å²) in [6, 6.07) is 0. The number of likely N-dealkylation sites (N-methyl/N-ethyl adjacent to an activating group) is 1. The van der Waals surface area contributed by atoms with Crippen molar-refractivity contribution in [3.63, 3.8) is 0 Å². The molecule has 0 aromatic rings. The fourth-order valence-electron chi connectivity index (χ4n) is 1.10. The largest absolute Gasteiger partial charge is 0.386 e. The van der Waals surface area contributed by atoms with Crippen molar-refractivity contribution in [3.8, 4) is 0 Å². The molecule has 0 amide bonds. The van der Waals surface area contributed by atoms with Gasteiger partial charge in [-0.05, 0) is 19.9 Å². The Hall–Kier alpha value is -0.160. The lowest BCUT2D eigenvalue weighted by atomic mass is 10.1. The molecule has 0 aliphatic carbocycles. The number of hydrogen-bond acceptors (Lipinski definition) is 4. The Morgan fingerprint density at radius 3 is 2.40 bits per heavy atom. The molecule has 2 N–H and O–H groups in total. The van der Waals surface area contributed by atoms with Gasteiger partial charge in [-0.15, -0.1) is 0 Å². The van der Waals surface area contributed by atoms with E-state index in [0.29, 0.717) is 26.4 Å². The second-order valence-corrected chi connectivity index (χ2v) is 3.94. The molecule has 0 rings (SSSR count). The van der Waals surface area contributed by atoms with Gasteiger partial charge in [0, 0.05) is 13.2 Å². The van der Waals surface area contributed by atoms with E-state index in [2.05, 4.69) is 12.2 Å². The first-order chi connectivity index (χ1) is 7.12. The van der Waals surface area contributed by atoms with Crippen LogP contribution in [0.2, 0.25) is 0 Å². The molecule has 15 heavy (non-hydrogen) atoms. The van der Waals surface area contributed by atoms with E-state index < -0.39 is 5.60 Å². The summed E-state index contributed by atoms with van der Waals surface area (Å²) in [5.74, 6) is 0. The predicted molar refractivity (Wildman–Crippen MR) is 61.1 cm³/mol. The molecule has 0 spiro atoms. The van der Waals surface area contributed by atoms with E-state index in [1.54, 1.807) is 6.92 Å². The van der Waals surface area contributed by atoms with Crippen LogP contribution < -0.4 is 5.32 Å². The van der Waals surface area contributed by atoms with Crippen LogP contribution >= 0.6 is 0 Å². The third-order valence-electron chi connectivity index (χ3n) is 1.89. The molecule has 0 saturated carbocycles. The van der Waals surface area contributed by atoms with Crippen molar-refractivity contribution in [1.82, 2.24) is 5.32 Å². The van der Waals surface area contributed by atoms with E-state index in [1.807, 2.05) is 6.92 Å². The van der Waals surface area contributed by atoms with Gasteiger partial charge >= 0.3 is 0 Å². The SMILES string of the molecule is CCCOCCOCC(C)(O)CNCC. The highest BCUT2D eigenvalue weighted by Crippen LogP contribution is 2.01. The van der Waals surface area contributed by atoms with Crippen LogP contribution in [0.25, 0.3) is 0 Å². The molecule has 4 heteroatoms. The second-order valence-electron chi connectivity index (χ2n) is 3.94. The predicted octanol–water partition coefficient (Wildman–Crippen LogP) is 0.790. The van der Waals surface area contributed by atoms with E-state index in [-0.39, 0.29) is 0 Å². The molecule has 0 aromatic heterocycles. The lowest BCUT2D eigenvalue weighted by Crippen LogP contribution is -2.42. The molecule has 1 atom stereocenters. The second kappa shape index (κ2) is 9.09. The van der Waals surface area contributed by atoms with Gasteiger partial charge in [0.05, 0.1) is 25.4 Å². The highest BCUT2D eigenvalue weighted by Gasteiger charge is 2.19. The van der Waals surface area contributed by atoms with Gasteiger partial charge in [-0.1, -0.05) is 13.8 Å².